The molecule has 0 atom stereocenters. The molecule has 4 saturated carbocycles. The lowest BCUT2D eigenvalue weighted by Gasteiger charge is -2.54. The van der Waals surface area contributed by atoms with Crippen molar-refractivity contribution in [2.75, 3.05) is 6.54 Å². The van der Waals surface area contributed by atoms with Crippen LogP contribution in [0.3, 0.4) is 0 Å². The van der Waals surface area contributed by atoms with Crippen molar-refractivity contribution in [2.45, 2.75) is 32.1 Å². The van der Waals surface area contributed by atoms with Gasteiger partial charge in [0.25, 0.3) is 5.91 Å². The summed E-state index contributed by atoms with van der Waals surface area (Å²) in [5.41, 5.74) is 0.00332. The van der Waals surface area contributed by atoms with Gasteiger partial charge in [0.05, 0.1) is 0 Å². The van der Waals surface area contributed by atoms with Crippen molar-refractivity contribution in [3.63, 3.8) is 0 Å². The van der Waals surface area contributed by atoms with Crippen LogP contribution in [0.1, 0.15) is 42.6 Å². The van der Waals surface area contributed by atoms with E-state index in [0.717, 1.165) is 30.2 Å². The van der Waals surface area contributed by atoms with Crippen LogP contribution in [-0.4, -0.2) is 22.4 Å². The fourth-order valence-corrected chi connectivity index (χ4v) is 5.13. The maximum atomic E-state index is 12.0. The highest BCUT2D eigenvalue weighted by atomic mass is 16.2. The number of carbonyl (C=O) groups is 1. The number of carbonyl (C=O) groups excluding carboxylic acids is 1. The Balaban J connectivity index is 1.40. The van der Waals surface area contributed by atoms with E-state index in [1.807, 2.05) is 0 Å². The van der Waals surface area contributed by atoms with Gasteiger partial charge in [0.15, 0.2) is 0 Å². The van der Waals surface area contributed by atoms with Gasteiger partial charge in [-0.15, -0.1) is 0 Å². The number of H-pyrrole nitrogens is 2. The molecule has 1 aromatic rings. The fraction of sp³-hybridized carbons (Fsp3) is 0.733. The number of hydrogen-bond acceptors (Lipinski definition) is 2. The van der Waals surface area contributed by atoms with E-state index in [4.69, 9.17) is 0 Å². The third kappa shape index (κ3) is 2.00. The number of aromatic nitrogens is 2. The SMILES string of the molecule is O=C(NCC1C2CC3CC(C2)CC1C3)c1c[nH]c(=O)[nH]1. The lowest BCUT2D eigenvalue weighted by molar-refractivity contribution is -0.0347. The van der Waals surface area contributed by atoms with Crippen LogP contribution < -0.4 is 11.0 Å². The summed E-state index contributed by atoms with van der Waals surface area (Å²) in [6.07, 6.45) is 8.37. The smallest absolute Gasteiger partial charge is 0.323 e. The summed E-state index contributed by atoms with van der Waals surface area (Å²) in [6, 6.07) is 0. The Bertz CT molecular complexity index is 546. The predicted molar refractivity (Wildman–Crippen MR) is 74.3 cm³/mol. The minimum Gasteiger partial charge on any atom is -0.350 e. The zero-order chi connectivity index (χ0) is 13.7. The van der Waals surface area contributed by atoms with Crippen molar-refractivity contribution in [3.8, 4) is 0 Å². The van der Waals surface area contributed by atoms with E-state index in [1.165, 1.54) is 38.3 Å². The van der Waals surface area contributed by atoms with Crippen LogP contribution in [0.15, 0.2) is 11.0 Å². The molecule has 1 amide bonds. The molecule has 0 saturated heterocycles. The molecular weight excluding hydrogens is 254 g/mol. The van der Waals surface area contributed by atoms with E-state index in [-0.39, 0.29) is 11.6 Å². The third-order valence-corrected chi connectivity index (χ3v) is 5.76. The minimum absolute atomic E-state index is 0.169. The van der Waals surface area contributed by atoms with E-state index in [2.05, 4.69) is 15.3 Å². The van der Waals surface area contributed by atoms with Gasteiger partial charge in [-0.25, -0.2) is 4.79 Å². The largest absolute Gasteiger partial charge is 0.350 e. The van der Waals surface area contributed by atoms with Crippen molar-refractivity contribution in [1.29, 1.82) is 0 Å². The molecule has 1 heterocycles. The molecule has 5 heteroatoms. The van der Waals surface area contributed by atoms with Crippen LogP contribution in [0.4, 0.5) is 0 Å². The van der Waals surface area contributed by atoms with Gasteiger partial charge in [0, 0.05) is 12.7 Å². The quantitative estimate of drug-likeness (QED) is 0.782. The molecule has 108 valence electrons. The maximum absolute atomic E-state index is 12.0. The number of amides is 1. The standard InChI is InChI=1S/C15H21N3O2/c19-14(13-7-17-15(20)18-13)16-6-12-10-2-8-1-9(4-10)5-11(12)3-8/h7-12H,1-6H2,(H,16,19)(H2,17,18,20). The molecule has 3 N–H and O–H groups in total. The van der Waals surface area contributed by atoms with Gasteiger partial charge < -0.3 is 15.3 Å². The molecule has 5 nitrogen and oxygen atoms in total. The first-order valence-corrected chi connectivity index (χ1v) is 7.75. The Kier molecular flexibility index (Phi) is 2.75. The summed E-state index contributed by atoms with van der Waals surface area (Å²) >= 11 is 0. The van der Waals surface area contributed by atoms with Gasteiger partial charge in [-0.05, 0) is 61.7 Å². The van der Waals surface area contributed by atoms with Gasteiger partial charge in [-0.3, -0.25) is 4.79 Å². The van der Waals surface area contributed by atoms with Crippen LogP contribution in [0.5, 0.6) is 0 Å². The van der Waals surface area contributed by atoms with Gasteiger partial charge in [0.2, 0.25) is 0 Å². The second-order valence-electron chi connectivity index (χ2n) is 6.96. The maximum Gasteiger partial charge on any atom is 0.323 e. The van der Waals surface area contributed by atoms with Crippen LogP contribution >= 0.6 is 0 Å². The Morgan fingerprint density at radius 1 is 1.15 bits per heavy atom. The molecular formula is C15H21N3O2. The fourth-order valence-electron chi connectivity index (χ4n) is 5.13. The molecule has 4 fully saturated rings. The molecule has 4 bridgehead atoms. The Hall–Kier alpha value is -1.52. The lowest BCUT2D eigenvalue weighted by atomic mass is 9.52. The van der Waals surface area contributed by atoms with Gasteiger partial charge in [-0.1, -0.05) is 0 Å². The number of aromatic amines is 2. The van der Waals surface area contributed by atoms with E-state index >= 15 is 0 Å². The monoisotopic (exact) mass is 275 g/mol. The topological polar surface area (TPSA) is 77.8 Å². The first-order chi connectivity index (χ1) is 9.69. The molecule has 5 rings (SSSR count). The predicted octanol–water partition coefficient (Wildman–Crippen LogP) is 1.51. The van der Waals surface area contributed by atoms with Crippen molar-refractivity contribution < 1.29 is 4.79 Å². The zero-order valence-corrected chi connectivity index (χ0v) is 11.5. The summed E-state index contributed by atoms with van der Waals surface area (Å²) in [4.78, 5) is 28.0. The van der Waals surface area contributed by atoms with Gasteiger partial charge in [-0.2, -0.15) is 0 Å². The highest BCUT2D eigenvalue weighted by molar-refractivity contribution is 5.91. The summed E-state index contributed by atoms with van der Waals surface area (Å²) < 4.78 is 0. The molecule has 0 spiro atoms. The Labute approximate surface area is 117 Å². The highest BCUT2D eigenvalue weighted by Crippen LogP contribution is 2.56. The number of rotatable bonds is 3. The second kappa shape index (κ2) is 4.50. The Morgan fingerprint density at radius 3 is 2.35 bits per heavy atom. The van der Waals surface area contributed by atoms with Crippen LogP contribution in [0.25, 0.3) is 0 Å². The Morgan fingerprint density at radius 2 is 1.80 bits per heavy atom. The number of imidazole rings is 1. The molecule has 0 unspecified atom stereocenters. The molecule has 0 aromatic carbocycles. The molecule has 4 aliphatic carbocycles. The minimum atomic E-state index is -0.329. The molecule has 0 aliphatic heterocycles. The molecule has 1 aromatic heterocycles. The zero-order valence-electron chi connectivity index (χ0n) is 11.5. The summed E-state index contributed by atoms with van der Waals surface area (Å²) in [7, 11) is 0. The van der Waals surface area contributed by atoms with E-state index in [9.17, 15) is 9.59 Å². The van der Waals surface area contributed by atoms with Crippen LogP contribution in [-0.2, 0) is 0 Å². The third-order valence-electron chi connectivity index (χ3n) is 5.76. The lowest BCUT2D eigenvalue weighted by Crippen LogP contribution is -2.49. The van der Waals surface area contributed by atoms with Crippen molar-refractivity contribution >= 4 is 5.91 Å². The number of hydrogen-bond donors (Lipinski definition) is 3. The average molecular weight is 275 g/mol. The second-order valence-corrected chi connectivity index (χ2v) is 6.96. The van der Waals surface area contributed by atoms with Gasteiger partial charge in [0.1, 0.15) is 5.69 Å². The number of nitrogens with one attached hydrogen (secondary N) is 3. The van der Waals surface area contributed by atoms with Crippen LogP contribution in [0.2, 0.25) is 0 Å². The van der Waals surface area contributed by atoms with Crippen molar-refractivity contribution in [1.82, 2.24) is 15.3 Å². The first-order valence-electron chi connectivity index (χ1n) is 7.75. The average Bonchev–Trinajstić information content (AvgIpc) is 2.83. The normalized spacial score (nSPS) is 38.1. The summed E-state index contributed by atoms with van der Waals surface area (Å²) in [5, 5.41) is 3.01. The molecule has 20 heavy (non-hydrogen) atoms. The van der Waals surface area contributed by atoms with E-state index in [1.54, 1.807) is 0 Å². The highest BCUT2D eigenvalue weighted by Gasteiger charge is 2.47. The molecule has 4 aliphatic rings. The van der Waals surface area contributed by atoms with E-state index in [0.29, 0.717) is 11.6 Å². The summed E-state index contributed by atoms with van der Waals surface area (Å²) in [6.45, 7) is 0.765. The van der Waals surface area contributed by atoms with Crippen molar-refractivity contribution in [2.24, 2.45) is 29.6 Å². The van der Waals surface area contributed by atoms with Crippen LogP contribution in [0, 0.1) is 29.6 Å². The summed E-state index contributed by atoms with van der Waals surface area (Å²) in [5.74, 6) is 4.04. The van der Waals surface area contributed by atoms with Crippen molar-refractivity contribution in [3.05, 3.63) is 22.4 Å². The van der Waals surface area contributed by atoms with E-state index < -0.39 is 0 Å². The molecule has 0 radical (unpaired) electrons. The first kappa shape index (κ1) is 12.2. The van der Waals surface area contributed by atoms with Gasteiger partial charge >= 0.3 is 5.69 Å².